The predicted molar refractivity (Wildman–Crippen MR) is 93.8 cm³/mol. The van der Waals surface area contributed by atoms with Gasteiger partial charge in [-0.05, 0) is 24.6 Å². The molecule has 3 heteroatoms. The third kappa shape index (κ3) is 3.83. The molecule has 1 aromatic heterocycles. The number of para-hydroxylation sites is 1. The maximum absolute atomic E-state index is 12.0. The molecule has 0 saturated carbocycles. The van der Waals surface area contributed by atoms with Crippen LogP contribution < -0.4 is 5.32 Å². The second kappa shape index (κ2) is 6.88. The molecule has 0 aliphatic rings. The molecule has 0 saturated heterocycles. The Labute approximate surface area is 135 Å². The summed E-state index contributed by atoms with van der Waals surface area (Å²) >= 11 is 0. The average molecular weight is 302 g/mol. The van der Waals surface area contributed by atoms with Gasteiger partial charge in [0, 0.05) is 29.8 Å². The van der Waals surface area contributed by atoms with Gasteiger partial charge in [-0.25, -0.2) is 0 Å². The number of fused-ring (bicyclic) bond motifs is 1. The van der Waals surface area contributed by atoms with E-state index in [1.807, 2.05) is 61.5 Å². The van der Waals surface area contributed by atoms with E-state index in [4.69, 9.17) is 0 Å². The highest BCUT2D eigenvalue weighted by molar-refractivity contribution is 5.95. The second-order valence-electron chi connectivity index (χ2n) is 5.46. The Hall–Kier alpha value is -2.94. The van der Waals surface area contributed by atoms with Crippen LogP contribution in [0.25, 0.3) is 17.0 Å². The smallest absolute Gasteiger partial charge is 0.244 e. The molecule has 0 atom stereocenters. The molecular formula is C20H18N2O. The van der Waals surface area contributed by atoms with Crippen LogP contribution in [0.1, 0.15) is 16.7 Å². The third-order valence-electron chi connectivity index (χ3n) is 3.67. The SMILES string of the molecule is Cc1ccc(CNC(=O)/C=C/c2cccc3cccnc23)cc1. The Morgan fingerprint density at radius 1 is 1.09 bits per heavy atom. The molecule has 1 N–H and O–H groups in total. The van der Waals surface area contributed by atoms with Gasteiger partial charge in [0.05, 0.1) is 5.52 Å². The summed E-state index contributed by atoms with van der Waals surface area (Å²) in [5, 5.41) is 3.96. The third-order valence-corrected chi connectivity index (χ3v) is 3.67. The molecule has 0 aliphatic carbocycles. The summed E-state index contributed by atoms with van der Waals surface area (Å²) < 4.78 is 0. The van der Waals surface area contributed by atoms with Gasteiger partial charge in [0.25, 0.3) is 0 Å². The molecule has 0 bridgehead atoms. The molecule has 0 fully saturated rings. The van der Waals surface area contributed by atoms with Crippen molar-refractivity contribution in [2.75, 3.05) is 0 Å². The van der Waals surface area contributed by atoms with E-state index < -0.39 is 0 Å². The summed E-state index contributed by atoms with van der Waals surface area (Å²) in [6.45, 7) is 2.57. The molecule has 1 amide bonds. The van der Waals surface area contributed by atoms with Gasteiger partial charge in [0.1, 0.15) is 0 Å². The van der Waals surface area contributed by atoms with E-state index in [2.05, 4.69) is 10.3 Å². The minimum absolute atomic E-state index is 0.112. The number of amides is 1. The van der Waals surface area contributed by atoms with E-state index in [1.165, 1.54) is 5.56 Å². The lowest BCUT2D eigenvalue weighted by Gasteiger charge is -2.03. The number of nitrogens with zero attached hydrogens (tertiary/aromatic N) is 1. The molecular weight excluding hydrogens is 284 g/mol. The number of carbonyl (C=O) groups is 1. The first-order valence-corrected chi connectivity index (χ1v) is 7.57. The molecule has 3 aromatic rings. The molecule has 114 valence electrons. The van der Waals surface area contributed by atoms with Crippen molar-refractivity contribution in [2.45, 2.75) is 13.5 Å². The fraction of sp³-hybridized carbons (Fsp3) is 0.100. The molecule has 0 aliphatic heterocycles. The Balaban J connectivity index is 1.67. The van der Waals surface area contributed by atoms with Crippen LogP contribution in [0.15, 0.2) is 66.9 Å². The zero-order valence-electron chi connectivity index (χ0n) is 13.0. The summed E-state index contributed by atoms with van der Waals surface area (Å²) in [6.07, 6.45) is 5.12. The summed E-state index contributed by atoms with van der Waals surface area (Å²) in [4.78, 5) is 16.4. The van der Waals surface area contributed by atoms with Gasteiger partial charge in [-0.3, -0.25) is 9.78 Å². The number of benzene rings is 2. The number of nitrogens with one attached hydrogen (secondary N) is 1. The lowest BCUT2D eigenvalue weighted by Crippen LogP contribution is -2.20. The van der Waals surface area contributed by atoms with Gasteiger partial charge >= 0.3 is 0 Å². The molecule has 3 rings (SSSR count). The lowest BCUT2D eigenvalue weighted by atomic mass is 10.1. The normalized spacial score (nSPS) is 11.0. The number of rotatable bonds is 4. The maximum Gasteiger partial charge on any atom is 0.244 e. The van der Waals surface area contributed by atoms with Crippen LogP contribution in [0.4, 0.5) is 0 Å². The first-order chi connectivity index (χ1) is 11.2. The number of carbonyl (C=O) groups excluding carboxylic acids is 1. The quantitative estimate of drug-likeness (QED) is 0.743. The largest absolute Gasteiger partial charge is 0.348 e. The lowest BCUT2D eigenvalue weighted by molar-refractivity contribution is -0.116. The number of aromatic nitrogens is 1. The zero-order valence-corrected chi connectivity index (χ0v) is 13.0. The fourth-order valence-electron chi connectivity index (χ4n) is 2.38. The first-order valence-electron chi connectivity index (χ1n) is 7.57. The van der Waals surface area contributed by atoms with Gasteiger partial charge in [-0.15, -0.1) is 0 Å². The van der Waals surface area contributed by atoms with Crippen LogP contribution >= 0.6 is 0 Å². The monoisotopic (exact) mass is 302 g/mol. The summed E-state index contributed by atoms with van der Waals surface area (Å²) in [7, 11) is 0. The number of pyridine rings is 1. The Morgan fingerprint density at radius 2 is 1.87 bits per heavy atom. The molecule has 0 radical (unpaired) electrons. The highest BCUT2D eigenvalue weighted by atomic mass is 16.1. The van der Waals surface area contributed by atoms with Crippen molar-refractivity contribution in [3.63, 3.8) is 0 Å². The highest BCUT2D eigenvalue weighted by Gasteiger charge is 2.00. The van der Waals surface area contributed by atoms with E-state index in [0.717, 1.165) is 22.0 Å². The van der Waals surface area contributed by atoms with E-state index in [1.54, 1.807) is 18.3 Å². The minimum Gasteiger partial charge on any atom is -0.348 e. The van der Waals surface area contributed by atoms with Gasteiger partial charge in [-0.2, -0.15) is 0 Å². The number of hydrogen-bond acceptors (Lipinski definition) is 2. The molecule has 23 heavy (non-hydrogen) atoms. The van der Waals surface area contributed by atoms with Crippen LogP contribution in [0.2, 0.25) is 0 Å². The number of hydrogen-bond donors (Lipinski definition) is 1. The van der Waals surface area contributed by atoms with Crippen molar-refractivity contribution in [2.24, 2.45) is 0 Å². The van der Waals surface area contributed by atoms with Crippen LogP contribution in [0.3, 0.4) is 0 Å². The molecule has 1 heterocycles. The predicted octanol–water partition coefficient (Wildman–Crippen LogP) is 3.87. The van der Waals surface area contributed by atoms with Crippen molar-refractivity contribution in [1.82, 2.24) is 10.3 Å². The van der Waals surface area contributed by atoms with Crippen LogP contribution in [0, 0.1) is 6.92 Å². The van der Waals surface area contributed by atoms with Gasteiger partial charge in [0.2, 0.25) is 5.91 Å². The summed E-state index contributed by atoms with van der Waals surface area (Å²) in [5.41, 5.74) is 4.14. The Bertz CT molecular complexity index is 846. The Kier molecular flexibility index (Phi) is 4.48. The van der Waals surface area contributed by atoms with E-state index in [-0.39, 0.29) is 5.91 Å². The van der Waals surface area contributed by atoms with Gasteiger partial charge in [0.15, 0.2) is 0 Å². The second-order valence-corrected chi connectivity index (χ2v) is 5.46. The van der Waals surface area contributed by atoms with Crippen LogP contribution in [0.5, 0.6) is 0 Å². The van der Waals surface area contributed by atoms with Crippen LogP contribution in [-0.2, 0) is 11.3 Å². The molecule has 3 nitrogen and oxygen atoms in total. The number of aryl methyl sites for hydroxylation is 1. The summed E-state index contributed by atoms with van der Waals surface area (Å²) in [5.74, 6) is -0.112. The fourth-order valence-corrected chi connectivity index (χ4v) is 2.38. The van der Waals surface area contributed by atoms with E-state index in [0.29, 0.717) is 6.54 Å². The van der Waals surface area contributed by atoms with E-state index in [9.17, 15) is 4.79 Å². The average Bonchev–Trinajstić information content (AvgIpc) is 2.59. The highest BCUT2D eigenvalue weighted by Crippen LogP contribution is 2.16. The summed E-state index contributed by atoms with van der Waals surface area (Å²) in [6, 6.07) is 18.0. The zero-order chi connectivity index (χ0) is 16.1. The molecule has 2 aromatic carbocycles. The van der Waals surface area contributed by atoms with E-state index >= 15 is 0 Å². The van der Waals surface area contributed by atoms with Gasteiger partial charge < -0.3 is 5.32 Å². The van der Waals surface area contributed by atoms with Crippen molar-refractivity contribution in [1.29, 1.82) is 0 Å². The van der Waals surface area contributed by atoms with Crippen molar-refractivity contribution >= 4 is 22.9 Å². The first kappa shape index (κ1) is 15.0. The van der Waals surface area contributed by atoms with Crippen molar-refractivity contribution < 1.29 is 4.79 Å². The minimum atomic E-state index is -0.112. The van der Waals surface area contributed by atoms with Crippen molar-refractivity contribution in [3.05, 3.63) is 83.6 Å². The van der Waals surface area contributed by atoms with Crippen LogP contribution in [-0.4, -0.2) is 10.9 Å². The maximum atomic E-state index is 12.0. The van der Waals surface area contributed by atoms with Crippen molar-refractivity contribution in [3.8, 4) is 0 Å². The molecule has 0 spiro atoms. The molecule has 0 unspecified atom stereocenters. The Morgan fingerprint density at radius 3 is 2.70 bits per heavy atom. The van der Waals surface area contributed by atoms with Gasteiger partial charge in [-0.1, -0.05) is 54.1 Å². The standard InChI is InChI=1S/C20H18N2O/c1-15-7-9-16(10-8-15)14-22-19(23)12-11-18-5-2-4-17-6-3-13-21-20(17)18/h2-13H,14H2,1H3,(H,22,23)/b12-11+. The topological polar surface area (TPSA) is 42.0 Å².